The van der Waals surface area contributed by atoms with Gasteiger partial charge < -0.3 is 15.3 Å². The van der Waals surface area contributed by atoms with E-state index in [1.807, 2.05) is 18.0 Å². The molecule has 2 fully saturated rings. The van der Waals surface area contributed by atoms with Crippen molar-refractivity contribution in [3.8, 4) is 0 Å². The number of aliphatic hydroxyl groups is 1. The lowest BCUT2D eigenvalue weighted by atomic mass is 9.99. The average Bonchev–Trinajstić information content (AvgIpc) is 2.70. The van der Waals surface area contributed by atoms with Crippen LogP contribution in [0.15, 0.2) is 18.3 Å². The Bertz CT molecular complexity index is 477. The summed E-state index contributed by atoms with van der Waals surface area (Å²) in [5, 5.41) is 12.8. The van der Waals surface area contributed by atoms with Gasteiger partial charge in [-0.25, -0.2) is 0 Å². The van der Waals surface area contributed by atoms with Crippen LogP contribution in [-0.4, -0.2) is 46.1 Å². The molecule has 0 saturated carbocycles. The smallest absolute Gasteiger partial charge is 0.273 e. The minimum Gasteiger partial charge on any atom is -0.393 e. The van der Waals surface area contributed by atoms with Crippen molar-refractivity contribution >= 4 is 11.6 Å². The summed E-state index contributed by atoms with van der Waals surface area (Å²) in [5.41, 5.74) is 1.38. The molecular formula is C14H19N3O2. The molecule has 1 amide bonds. The maximum atomic E-state index is 12.6. The summed E-state index contributed by atoms with van der Waals surface area (Å²) in [4.78, 5) is 18.7. The molecule has 102 valence electrons. The minimum absolute atomic E-state index is 0.00324. The fourth-order valence-electron chi connectivity index (χ4n) is 3.32. The first kappa shape index (κ1) is 12.4. The Morgan fingerprint density at radius 2 is 2.11 bits per heavy atom. The summed E-state index contributed by atoms with van der Waals surface area (Å²) in [6.07, 6.45) is 4.80. The Balaban J connectivity index is 1.84. The number of aromatic nitrogens is 1. The fraction of sp³-hybridized carbons (Fsp3) is 0.571. The summed E-state index contributed by atoms with van der Waals surface area (Å²) in [6, 6.07) is 3.99. The third-order valence-electron chi connectivity index (χ3n) is 4.21. The zero-order valence-electron chi connectivity index (χ0n) is 11.0. The number of pyridine rings is 1. The van der Waals surface area contributed by atoms with Gasteiger partial charge in [-0.05, 0) is 37.8 Å². The summed E-state index contributed by atoms with van der Waals surface area (Å²) in [6.45, 7) is 0. The summed E-state index contributed by atoms with van der Waals surface area (Å²) >= 11 is 0. The largest absolute Gasteiger partial charge is 0.393 e. The highest BCUT2D eigenvalue weighted by Gasteiger charge is 2.43. The number of fused-ring (bicyclic) bond motifs is 2. The molecule has 19 heavy (non-hydrogen) atoms. The topological polar surface area (TPSA) is 65.5 Å². The summed E-state index contributed by atoms with van der Waals surface area (Å²) in [5.74, 6) is -0.00324. The van der Waals surface area contributed by atoms with Crippen LogP contribution in [0.1, 0.15) is 36.2 Å². The van der Waals surface area contributed by atoms with E-state index < -0.39 is 0 Å². The van der Waals surface area contributed by atoms with Gasteiger partial charge in [0.05, 0.1) is 6.10 Å². The maximum absolute atomic E-state index is 12.6. The van der Waals surface area contributed by atoms with E-state index in [9.17, 15) is 9.90 Å². The summed E-state index contributed by atoms with van der Waals surface area (Å²) < 4.78 is 0. The van der Waals surface area contributed by atoms with Gasteiger partial charge in [-0.1, -0.05) is 0 Å². The number of nitrogens with zero attached hydrogens (tertiary/aromatic N) is 2. The normalized spacial score (nSPS) is 29.4. The van der Waals surface area contributed by atoms with Gasteiger partial charge >= 0.3 is 0 Å². The van der Waals surface area contributed by atoms with Crippen LogP contribution in [-0.2, 0) is 0 Å². The van der Waals surface area contributed by atoms with E-state index in [1.54, 1.807) is 12.3 Å². The first-order chi connectivity index (χ1) is 9.19. The number of anilines is 1. The second-order valence-electron chi connectivity index (χ2n) is 5.40. The molecule has 1 aromatic heterocycles. The molecule has 3 heterocycles. The monoisotopic (exact) mass is 261 g/mol. The number of carbonyl (C=O) groups is 1. The molecule has 2 aliphatic rings. The highest BCUT2D eigenvalue weighted by Crippen LogP contribution is 2.36. The predicted molar refractivity (Wildman–Crippen MR) is 72.0 cm³/mol. The molecule has 0 spiro atoms. The molecule has 2 N–H and O–H groups in total. The average molecular weight is 261 g/mol. The maximum Gasteiger partial charge on any atom is 0.273 e. The number of amides is 1. The van der Waals surface area contributed by atoms with Gasteiger partial charge in [0.1, 0.15) is 5.69 Å². The van der Waals surface area contributed by atoms with Crippen molar-refractivity contribution in [1.82, 2.24) is 9.88 Å². The standard InChI is InChI=1S/C14H19N3O2/c1-15-9-4-5-16-13(6-9)14(19)17-10-2-3-11(17)8-12(18)7-10/h4-6,10-12,18H,2-3,7-8H2,1H3,(H,15,16). The van der Waals surface area contributed by atoms with Crippen LogP contribution in [0.2, 0.25) is 0 Å². The molecule has 3 rings (SSSR count). The number of piperidine rings is 1. The fourth-order valence-corrected chi connectivity index (χ4v) is 3.32. The first-order valence-corrected chi connectivity index (χ1v) is 6.83. The lowest BCUT2D eigenvalue weighted by Gasteiger charge is -2.37. The van der Waals surface area contributed by atoms with Crippen LogP contribution in [0.3, 0.4) is 0 Å². The van der Waals surface area contributed by atoms with Crippen LogP contribution in [0, 0.1) is 0 Å². The number of hydrogen-bond donors (Lipinski definition) is 2. The van der Waals surface area contributed by atoms with Gasteiger partial charge in [0.15, 0.2) is 0 Å². The highest BCUT2D eigenvalue weighted by molar-refractivity contribution is 5.93. The Morgan fingerprint density at radius 1 is 1.42 bits per heavy atom. The SMILES string of the molecule is CNc1ccnc(C(=O)N2C3CCC2CC(O)C3)c1. The van der Waals surface area contributed by atoms with Crippen LogP contribution >= 0.6 is 0 Å². The second kappa shape index (κ2) is 4.81. The quantitative estimate of drug-likeness (QED) is 0.841. The molecule has 0 aromatic carbocycles. The van der Waals surface area contributed by atoms with Crippen LogP contribution in [0.25, 0.3) is 0 Å². The van der Waals surface area contributed by atoms with Crippen molar-refractivity contribution in [3.63, 3.8) is 0 Å². The molecule has 2 unspecified atom stereocenters. The number of nitrogens with one attached hydrogen (secondary N) is 1. The highest BCUT2D eigenvalue weighted by atomic mass is 16.3. The molecule has 2 bridgehead atoms. The van der Waals surface area contributed by atoms with E-state index in [2.05, 4.69) is 10.3 Å². The van der Waals surface area contributed by atoms with Crippen LogP contribution < -0.4 is 5.32 Å². The first-order valence-electron chi connectivity index (χ1n) is 6.83. The van der Waals surface area contributed by atoms with E-state index in [-0.39, 0.29) is 24.1 Å². The number of hydrogen-bond acceptors (Lipinski definition) is 4. The van der Waals surface area contributed by atoms with Crippen LogP contribution in [0.4, 0.5) is 5.69 Å². The molecule has 0 radical (unpaired) electrons. The van der Waals surface area contributed by atoms with E-state index >= 15 is 0 Å². The van der Waals surface area contributed by atoms with Crippen molar-refractivity contribution in [2.75, 3.05) is 12.4 Å². The van der Waals surface area contributed by atoms with E-state index in [1.165, 1.54) is 0 Å². The minimum atomic E-state index is -0.252. The Hall–Kier alpha value is -1.62. The Kier molecular flexibility index (Phi) is 3.14. The Morgan fingerprint density at radius 3 is 2.74 bits per heavy atom. The van der Waals surface area contributed by atoms with E-state index in [4.69, 9.17) is 0 Å². The van der Waals surface area contributed by atoms with Gasteiger partial charge in [-0.15, -0.1) is 0 Å². The van der Waals surface area contributed by atoms with Gasteiger partial charge in [0.2, 0.25) is 0 Å². The van der Waals surface area contributed by atoms with Crippen molar-refractivity contribution in [1.29, 1.82) is 0 Å². The van der Waals surface area contributed by atoms with Crippen molar-refractivity contribution in [3.05, 3.63) is 24.0 Å². The Labute approximate surface area is 112 Å². The number of aliphatic hydroxyl groups excluding tert-OH is 1. The van der Waals surface area contributed by atoms with Gasteiger partial charge in [0.25, 0.3) is 5.91 Å². The van der Waals surface area contributed by atoms with Gasteiger partial charge in [0, 0.05) is 31.0 Å². The van der Waals surface area contributed by atoms with Crippen molar-refractivity contribution < 1.29 is 9.90 Å². The molecule has 0 aliphatic carbocycles. The second-order valence-corrected chi connectivity index (χ2v) is 5.40. The lowest BCUT2D eigenvalue weighted by Crippen LogP contribution is -2.48. The van der Waals surface area contributed by atoms with E-state index in [0.717, 1.165) is 18.5 Å². The number of carbonyl (C=O) groups excluding carboxylic acids is 1. The third-order valence-corrected chi connectivity index (χ3v) is 4.21. The molecule has 2 saturated heterocycles. The van der Waals surface area contributed by atoms with Crippen molar-refractivity contribution in [2.45, 2.75) is 43.9 Å². The molecule has 5 nitrogen and oxygen atoms in total. The van der Waals surface area contributed by atoms with Crippen molar-refractivity contribution in [2.24, 2.45) is 0 Å². The van der Waals surface area contributed by atoms with Crippen LogP contribution in [0.5, 0.6) is 0 Å². The van der Waals surface area contributed by atoms with Gasteiger partial charge in [-0.2, -0.15) is 0 Å². The zero-order chi connectivity index (χ0) is 13.4. The molecule has 5 heteroatoms. The molecular weight excluding hydrogens is 242 g/mol. The predicted octanol–water partition coefficient (Wildman–Crippen LogP) is 1.25. The molecule has 1 aromatic rings. The molecule has 2 atom stereocenters. The van der Waals surface area contributed by atoms with E-state index in [0.29, 0.717) is 18.5 Å². The third kappa shape index (κ3) is 2.18. The molecule has 2 aliphatic heterocycles. The number of rotatable bonds is 2. The van der Waals surface area contributed by atoms with Gasteiger partial charge in [-0.3, -0.25) is 9.78 Å². The lowest BCUT2D eigenvalue weighted by molar-refractivity contribution is 0.0282. The zero-order valence-corrected chi connectivity index (χ0v) is 11.0. The summed E-state index contributed by atoms with van der Waals surface area (Å²) in [7, 11) is 1.82.